The molecule has 3 rings (SSSR count). The zero-order valence-electron chi connectivity index (χ0n) is 10.0. The quantitative estimate of drug-likeness (QED) is 0.614. The van der Waals surface area contributed by atoms with Crippen molar-refractivity contribution in [3.63, 3.8) is 0 Å². The van der Waals surface area contributed by atoms with Gasteiger partial charge in [-0.1, -0.05) is 35.9 Å². The Morgan fingerprint density at radius 1 is 0.941 bits per heavy atom. The van der Waals surface area contributed by atoms with Crippen LogP contribution >= 0.6 is 0 Å². The molecule has 84 valence electrons. The number of aryl methyl sites for hydroxylation is 2. The molecule has 17 heavy (non-hydrogen) atoms. The van der Waals surface area contributed by atoms with Crippen molar-refractivity contribution < 1.29 is 0 Å². The minimum atomic E-state index is 1.01. The SMILES string of the molecule is Cc1ccc(-c2nc(C)c3ccccn23)cc1. The third-order valence-corrected chi connectivity index (χ3v) is 3.04. The molecule has 3 aromatic rings. The van der Waals surface area contributed by atoms with Crippen molar-refractivity contribution >= 4 is 5.52 Å². The van der Waals surface area contributed by atoms with Crippen molar-refractivity contribution in [1.29, 1.82) is 0 Å². The Balaban J connectivity index is 2.27. The second-order valence-corrected chi connectivity index (χ2v) is 4.34. The molecular weight excluding hydrogens is 208 g/mol. The van der Waals surface area contributed by atoms with E-state index in [1.807, 2.05) is 19.1 Å². The van der Waals surface area contributed by atoms with Crippen molar-refractivity contribution in [2.75, 3.05) is 0 Å². The molecule has 2 heterocycles. The molecule has 0 amide bonds. The average molecular weight is 222 g/mol. The average Bonchev–Trinajstić information content (AvgIpc) is 2.69. The van der Waals surface area contributed by atoms with E-state index in [2.05, 4.69) is 52.8 Å². The summed E-state index contributed by atoms with van der Waals surface area (Å²) in [5.74, 6) is 1.01. The number of fused-ring (bicyclic) bond motifs is 1. The first-order chi connectivity index (χ1) is 8.25. The molecule has 0 aliphatic rings. The normalized spacial score (nSPS) is 10.9. The van der Waals surface area contributed by atoms with Crippen LogP contribution in [0.5, 0.6) is 0 Å². The zero-order chi connectivity index (χ0) is 11.8. The molecule has 0 aliphatic heterocycles. The molecule has 2 nitrogen and oxygen atoms in total. The molecule has 0 aliphatic carbocycles. The molecule has 1 aromatic carbocycles. The molecule has 0 atom stereocenters. The van der Waals surface area contributed by atoms with E-state index in [9.17, 15) is 0 Å². The number of nitrogens with zero attached hydrogens (tertiary/aromatic N) is 2. The fourth-order valence-electron chi connectivity index (χ4n) is 2.10. The van der Waals surface area contributed by atoms with Crippen LogP contribution in [0.1, 0.15) is 11.3 Å². The molecule has 0 spiro atoms. The van der Waals surface area contributed by atoms with Gasteiger partial charge in [0, 0.05) is 11.8 Å². The number of benzene rings is 1. The van der Waals surface area contributed by atoms with E-state index in [1.165, 1.54) is 11.1 Å². The largest absolute Gasteiger partial charge is 0.300 e. The molecule has 0 fully saturated rings. The van der Waals surface area contributed by atoms with Gasteiger partial charge in [0.15, 0.2) is 0 Å². The summed E-state index contributed by atoms with van der Waals surface area (Å²) in [5.41, 5.74) is 4.67. The molecule has 2 heteroatoms. The van der Waals surface area contributed by atoms with E-state index >= 15 is 0 Å². The summed E-state index contributed by atoms with van der Waals surface area (Å²) in [7, 11) is 0. The highest BCUT2D eigenvalue weighted by atomic mass is 15.0. The number of hydrogen-bond acceptors (Lipinski definition) is 1. The van der Waals surface area contributed by atoms with Crippen molar-refractivity contribution in [2.45, 2.75) is 13.8 Å². The minimum absolute atomic E-state index is 1.01. The fourth-order valence-corrected chi connectivity index (χ4v) is 2.10. The summed E-state index contributed by atoms with van der Waals surface area (Å²) in [6.07, 6.45) is 2.06. The molecular formula is C15H14N2. The van der Waals surface area contributed by atoms with Crippen LogP contribution in [-0.4, -0.2) is 9.38 Å². The van der Waals surface area contributed by atoms with Crippen molar-refractivity contribution in [1.82, 2.24) is 9.38 Å². The lowest BCUT2D eigenvalue weighted by atomic mass is 10.1. The molecule has 0 radical (unpaired) electrons. The van der Waals surface area contributed by atoms with Crippen LogP contribution in [-0.2, 0) is 0 Å². The second-order valence-electron chi connectivity index (χ2n) is 4.34. The second kappa shape index (κ2) is 3.74. The number of imidazole rings is 1. The lowest BCUT2D eigenvalue weighted by molar-refractivity contribution is 1.16. The summed E-state index contributed by atoms with van der Waals surface area (Å²) < 4.78 is 2.14. The standard InChI is InChI=1S/C15H14N2/c1-11-6-8-13(9-7-11)15-16-12(2)14-5-3-4-10-17(14)15/h3-10H,1-2H3. The van der Waals surface area contributed by atoms with Crippen LogP contribution in [0.3, 0.4) is 0 Å². The van der Waals surface area contributed by atoms with Gasteiger partial charge < -0.3 is 0 Å². The number of hydrogen-bond donors (Lipinski definition) is 0. The van der Waals surface area contributed by atoms with Crippen LogP contribution in [0.25, 0.3) is 16.9 Å². The van der Waals surface area contributed by atoms with E-state index in [0.29, 0.717) is 0 Å². The van der Waals surface area contributed by atoms with E-state index in [1.54, 1.807) is 0 Å². The lowest BCUT2D eigenvalue weighted by Gasteiger charge is -2.01. The molecule has 0 saturated carbocycles. The molecule has 2 aromatic heterocycles. The Bertz CT molecular complexity index is 663. The Kier molecular flexibility index (Phi) is 2.22. The van der Waals surface area contributed by atoms with Gasteiger partial charge in [0.2, 0.25) is 0 Å². The van der Waals surface area contributed by atoms with Crippen LogP contribution in [0, 0.1) is 13.8 Å². The van der Waals surface area contributed by atoms with Crippen LogP contribution < -0.4 is 0 Å². The third kappa shape index (κ3) is 1.62. The van der Waals surface area contributed by atoms with Crippen LogP contribution in [0.15, 0.2) is 48.7 Å². The van der Waals surface area contributed by atoms with Gasteiger partial charge in [-0.25, -0.2) is 4.98 Å². The van der Waals surface area contributed by atoms with E-state index in [0.717, 1.165) is 17.1 Å². The predicted octanol–water partition coefficient (Wildman–Crippen LogP) is 3.62. The number of rotatable bonds is 1. The Labute approximate surface area is 101 Å². The van der Waals surface area contributed by atoms with Crippen molar-refractivity contribution in [3.05, 3.63) is 59.9 Å². The number of pyridine rings is 1. The molecule has 0 bridgehead atoms. The Morgan fingerprint density at radius 3 is 2.47 bits per heavy atom. The Hall–Kier alpha value is -2.09. The van der Waals surface area contributed by atoms with Gasteiger partial charge in [-0.2, -0.15) is 0 Å². The summed E-state index contributed by atoms with van der Waals surface area (Å²) in [5, 5.41) is 0. The van der Waals surface area contributed by atoms with Gasteiger partial charge in [-0.15, -0.1) is 0 Å². The predicted molar refractivity (Wildman–Crippen MR) is 70.1 cm³/mol. The highest BCUT2D eigenvalue weighted by molar-refractivity contribution is 5.65. The van der Waals surface area contributed by atoms with Gasteiger partial charge in [0.05, 0.1) is 11.2 Å². The summed E-state index contributed by atoms with van der Waals surface area (Å²) in [6, 6.07) is 14.7. The maximum atomic E-state index is 4.65. The Morgan fingerprint density at radius 2 is 1.71 bits per heavy atom. The van der Waals surface area contributed by atoms with E-state index < -0.39 is 0 Å². The summed E-state index contributed by atoms with van der Waals surface area (Å²) >= 11 is 0. The maximum absolute atomic E-state index is 4.65. The fraction of sp³-hybridized carbons (Fsp3) is 0.133. The summed E-state index contributed by atoms with van der Waals surface area (Å²) in [6.45, 7) is 4.14. The third-order valence-electron chi connectivity index (χ3n) is 3.04. The van der Waals surface area contributed by atoms with Gasteiger partial charge in [0.25, 0.3) is 0 Å². The first-order valence-corrected chi connectivity index (χ1v) is 5.76. The summed E-state index contributed by atoms with van der Waals surface area (Å²) in [4.78, 5) is 4.65. The lowest BCUT2D eigenvalue weighted by Crippen LogP contribution is -1.88. The first kappa shape index (κ1) is 10.1. The van der Waals surface area contributed by atoms with Crippen LogP contribution in [0.2, 0.25) is 0 Å². The maximum Gasteiger partial charge on any atom is 0.144 e. The van der Waals surface area contributed by atoms with Gasteiger partial charge in [-0.05, 0) is 26.0 Å². The van der Waals surface area contributed by atoms with Gasteiger partial charge >= 0.3 is 0 Å². The minimum Gasteiger partial charge on any atom is -0.300 e. The topological polar surface area (TPSA) is 17.3 Å². The van der Waals surface area contributed by atoms with E-state index in [-0.39, 0.29) is 0 Å². The first-order valence-electron chi connectivity index (χ1n) is 5.76. The number of aromatic nitrogens is 2. The molecule has 0 N–H and O–H groups in total. The van der Waals surface area contributed by atoms with Crippen molar-refractivity contribution in [2.24, 2.45) is 0 Å². The van der Waals surface area contributed by atoms with Crippen molar-refractivity contribution in [3.8, 4) is 11.4 Å². The monoisotopic (exact) mass is 222 g/mol. The molecule has 0 saturated heterocycles. The van der Waals surface area contributed by atoms with Gasteiger partial charge in [-0.3, -0.25) is 4.40 Å². The smallest absolute Gasteiger partial charge is 0.144 e. The van der Waals surface area contributed by atoms with E-state index in [4.69, 9.17) is 0 Å². The van der Waals surface area contributed by atoms with Gasteiger partial charge in [0.1, 0.15) is 5.82 Å². The van der Waals surface area contributed by atoms with Crippen LogP contribution in [0.4, 0.5) is 0 Å². The highest BCUT2D eigenvalue weighted by Gasteiger charge is 2.08. The highest BCUT2D eigenvalue weighted by Crippen LogP contribution is 2.22. The molecule has 0 unspecified atom stereocenters. The zero-order valence-corrected chi connectivity index (χ0v) is 10.0.